The fourth-order valence-corrected chi connectivity index (χ4v) is 9.03. The van der Waals surface area contributed by atoms with E-state index in [1.807, 2.05) is 0 Å². The largest absolute Gasteiger partial charge is 2.00 e. The summed E-state index contributed by atoms with van der Waals surface area (Å²) in [6.07, 6.45) is 0. The first-order chi connectivity index (χ1) is 10.2. The molecule has 0 spiro atoms. The summed E-state index contributed by atoms with van der Waals surface area (Å²) >= 11 is 0. The van der Waals surface area contributed by atoms with Crippen LogP contribution >= 0.6 is 46.9 Å². The molecule has 144 valence electrons. The standard InChI is InChI=1S/3Mg.H6O18P6/c;;;1-19(2)13-20(3,4)15-22(7,8)17-24(11,12)18-23(9,10)16-21(5,6)14-19/h;;;(H,1,2)(H,3,4)(H,5,6)(H,7,8)(H,9,10)(H,11,12)/q3*+2;/p-6. The zero-order valence-corrected chi connectivity index (χ0v) is 21.8. The first kappa shape index (κ1) is 34.8. The van der Waals surface area contributed by atoms with Crippen molar-refractivity contribution in [2.45, 2.75) is 0 Å². The summed E-state index contributed by atoms with van der Waals surface area (Å²) in [4.78, 5) is 65.8. The molecule has 0 amide bonds. The van der Waals surface area contributed by atoms with Crippen molar-refractivity contribution in [1.82, 2.24) is 0 Å². The summed E-state index contributed by atoms with van der Waals surface area (Å²) < 4.78 is 83.4. The Hall–Kier alpha value is 3.20. The third-order valence-corrected chi connectivity index (χ3v) is 10.8. The van der Waals surface area contributed by atoms with Crippen molar-refractivity contribution in [2.75, 3.05) is 0 Å². The molecule has 0 bridgehead atoms. The van der Waals surface area contributed by atoms with Gasteiger partial charge in [0.1, 0.15) is 0 Å². The van der Waals surface area contributed by atoms with Crippen molar-refractivity contribution in [3.63, 3.8) is 0 Å². The first-order valence-electron chi connectivity index (χ1n) is 4.38. The van der Waals surface area contributed by atoms with Crippen LogP contribution in [0.4, 0.5) is 0 Å². The molecule has 27 heavy (non-hydrogen) atoms. The molecule has 27 heteroatoms. The Morgan fingerprint density at radius 1 is 0.333 bits per heavy atom. The zero-order valence-electron chi connectivity index (χ0n) is 12.2. The molecule has 1 heterocycles. The van der Waals surface area contributed by atoms with Crippen LogP contribution in [0, 0.1) is 0 Å². The van der Waals surface area contributed by atoms with Crippen LogP contribution in [0.1, 0.15) is 0 Å². The molecule has 1 aliphatic rings. The average Bonchev–Trinajstić information content (AvgIpc) is 1.98. The second-order valence-electron chi connectivity index (χ2n) is 3.17. The summed E-state index contributed by atoms with van der Waals surface area (Å²) in [5, 5.41) is 0. The van der Waals surface area contributed by atoms with E-state index >= 15 is 0 Å². The van der Waals surface area contributed by atoms with Crippen molar-refractivity contribution in [3.05, 3.63) is 0 Å². The van der Waals surface area contributed by atoms with Gasteiger partial charge in [0.25, 0.3) is 46.9 Å². The van der Waals surface area contributed by atoms with Gasteiger partial charge in [-0.3, -0.25) is 27.4 Å². The van der Waals surface area contributed by atoms with Gasteiger partial charge in [-0.1, -0.05) is 0 Å². The van der Waals surface area contributed by atoms with Crippen molar-refractivity contribution < 1.29 is 82.6 Å². The molecule has 0 aromatic carbocycles. The average molecular weight is 547 g/mol. The molecular weight excluding hydrogens is 547 g/mol. The van der Waals surface area contributed by atoms with Gasteiger partial charge in [-0.25, -0.2) is 25.9 Å². The maximum Gasteiger partial charge on any atom is 2.00 e. The molecule has 0 atom stereocenters. The van der Waals surface area contributed by atoms with Gasteiger partial charge < -0.3 is 29.4 Å². The molecule has 0 aromatic heterocycles. The van der Waals surface area contributed by atoms with Gasteiger partial charge >= 0.3 is 69.2 Å². The van der Waals surface area contributed by atoms with Gasteiger partial charge in [0.05, 0.1) is 0 Å². The SMILES string of the molecule is O=P1([O-])OP(=O)([O-])OP(=O)([O-])OP(=O)([O-])OP(=O)([O-])OP(=O)([O-])O1.[Mg+2].[Mg+2].[Mg+2]. The van der Waals surface area contributed by atoms with E-state index in [0.717, 1.165) is 0 Å². The van der Waals surface area contributed by atoms with Crippen molar-refractivity contribution in [1.29, 1.82) is 0 Å². The van der Waals surface area contributed by atoms with E-state index < -0.39 is 46.9 Å². The molecule has 18 nitrogen and oxygen atoms in total. The second kappa shape index (κ2) is 11.4. The maximum atomic E-state index is 11.0. The van der Waals surface area contributed by atoms with Gasteiger partial charge in [0.2, 0.25) is 0 Å². The second-order valence-corrected chi connectivity index (χ2v) is 12.5. The van der Waals surface area contributed by atoms with E-state index in [0.29, 0.717) is 0 Å². The van der Waals surface area contributed by atoms with Gasteiger partial charge in [-0.05, 0) is 0 Å². The Labute approximate surface area is 197 Å². The molecule has 0 radical (unpaired) electrons. The van der Waals surface area contributed by atoms with Crippen LogP contribution in [-0.4, -0.2) is 69.2 Å². The third-order valence-electron chi connectivity index (χ3n) is 1.20. The van der Waals surface area contributed by atoms with Gasteiger partial charge in [-0.15, -0.1) is 0 Å². The Morgan fingerprint density at radius 3 is 0.481 bits per heavy atom. The molecule has 1 saturated heterocycles. The van der Waals surface area contributed by atoms with E-state index in [2.05, 4.69) is 25.9 Å². The van der Waals surface area contributed by atoms with Crippen LogP contribution in [0.15, 0.2) is 0 Å². The molecule has 0 N–H and O–H groups in total. The van der Waals surface area contributed by atoms with Crippen molar-refractivity contribution >= 4 is 116 Å². The number of hydrogen-bond donors (Lipinski definition) is 0. The van der Waals surface area contributed by atoms with E-state index in [4.69, 9.17) is 0 Å². The molecule has 1 aliphatic heterocycles. The number of rotatable bonds is 0. The van der Waals surface area contributed by atoms with Crippen LogP contribution in [0.3, 0.4) is 0 Å². The minimum absolute atomic E-state index is 0. The van der Waals surface area contributed by atoms with Crippen molar-refractivity contribution in [3.8, 4) is 0 Å². The number of hydrogen-bond acceptors (Lipinski definition) is 18. The maximum absolute atomic E-state index is 11.0. The normalized spacial score (nSPS) is 49.1. The zero-order chi connectivity index (χ0) is 19.2. The predicted molar refractivity (Wildman–Crippen MR) is 69.4 cm³/mol. The summed E-state index contributed by atoms with van der Waals surface area (Å²) in [5.41, 5.74) is 0. The summed E-state index contributed by atoms with van der Waals surface area (Å²) in [6.45, 7) is 0. The minimum atomic E-state index is -6.56. The fraction of sp³-hybridized carbons (Fsp3) is 0. The first-order valence-corrected chi connectivity index (χ1v) is 13.1. The Balaban J connectivity index is -0.00000192. The molecule has 1 fully saturated rings. The number of phosphoric acid groups is 6. The molecule has 0 aromatic rings. The summed E-state index contributed by atoms with van der Waals surface area (Å²) in [6, 6.07) is 0. The van der Waals surface area contributed by atoms with Gasteiger partial charge in [0.15, 0.2) is 0 Å². The Kier molecular flexibility index (Phi) is 14.6. The third kappa shape index (κ3) is 14.1. The molecule has 0 unspecified atom stereocenters. The van der Waals surface area contributed by atoms with Crippen LogP contribution in [0.2, 0.25) is 0 Å². The van der Waals surface area contributed by atoms with E-state index in [-0.39, 0.29) is 69.2 Å². The van der Waals surface area contributed by atoms with E-state index in [1.165, 1.54) is 0 Å². The molecular formula is Mg3O18P6. The fourth-order valence-electron chi connectivity index (χ4n) is 0.824. The predicted octanol–water partition coefficient (Wildman–Crippen LogP) is -4.23. The minimum Gasteiger partial charge on any atom is -0.756 e. The van der Waals surface area contributed by atoms with Crippen LogP contribution in [0.5, 0.6) is 0 Å². The topological polar surface area (TPSA) is 296 Å². The van der Waals surface area contributed by atoms with Gasteiger partial charge in [-0.2, -0.15) is 0 Å². The smallest absolute Gasteiger partial charge is 0.756 e. The Morgan fingerprint density at radius 2 is 0.407 bits per heavy atom. The van der Waals surface area contributed by atoms with E-state index in [1.54, 1.807) is 0 Å². The molecule has 1 rings (SSSR count). The van der Waals surface area contributed by atoms with Crippen molar-refractivity contribution in [2.24, 2.45) is 0 Å². The molecule has 0 saturated carbocycles. The quantitative estimate of drug-likeness (QED) is 0.205. The van der Waals surface area contributed by atoms with Crippen LogP contribution in [-0.2, 0) is 53.3 Å². The molecule has 0 aliphatic carbocycles. The van der Waals surface area contributed by atoms with E-state index in [9.17, 15) is 56.8 Å². The summed E-state index contributed by atoms with van der Waals surface area (Å²) in [7, 11) is -39.3. The van der Waals surface area contributed by atoms with Gasteiger partial charge in [0, 0.05) is 0 Å². The monoisotopic (exact) mass is 546 g/mol. The summed E-state index contributed by atoms with van der Waals surface area (Å²) in [5.74, 6) is 0. The van der Waals surface area contributed by atoms with Crippen LogP contribution in [0.25, 0.3) is 0 Å². The Bertz CT molecular complexity index is 588. The van der Waals surface area contributed by atoms with Crippen LogP contribution < -0.4 is 29.4 Å².